The third kappa shape index (κ3) is 4.71. The lowest BCUT2D eigenvalue weighted by Crippen LogP contribution is -2.48. The summed E-state index contributed by atoms with van der Waals surface area (Å²) in [5.41, 5.74) is 5.98. The molecule has 24 heavy (non-hydrogen) atoms. The van der Waals surface area contributed by atoms with Gasteiger partial charge in [0, 0.05) is 19.0 Å². The van der Waals surface area contributed by atoms with E-state index >= 15 is 0 Å². The van der Waals surface area contributed by atoms with Gasteiger partial charge in [0.15, 0.2) is 0 Å². The molecule has 0 aromatic heterocycles. The van der Waals surface area contributed by atoms with Crippen LogP contribution in [0.5, 0.6) is 0 Å². The predicted octanol–water partition coefficient (Wildman–Crippen LogP) is 2.44. The first-order chi connectivity index (χ1) is 11.2. The third-order valence-electron chi connectivity index (χ3n) is 5.55. The fraction of sp³-hybridized carbons (Fsp3) is 0.895. The van der Waals surface area contributed by atoms with Gasteiger partial charge in [-0.15, -0.1) is 0 Å². The Balaban J connectivity index is 1.86. The van der Waals surface area contributed by atoms with Gasteiger partial charge in [0.05, 0.1) is 0 Å². The number of nitrogens with one attached hydrogen (secondary N) is 1. The summed E-state index contributed by atoms with van der Waals surface area (Å²) in [7, 11) is 0. The smallest absolute Gasteiger partial charge is 0.245 e. The quantitative estimate of drug-likeness (QED) is 0.701. The zero-order chi connectivity index (χ0) is 18.0. The van der Waals surface area contributed by atoms with E-state index in [9.17, 15) is 9.59 Å². The van der Waals surface area contributed by atoms with Crippen LogP contribution in [0.15, 0.2) is 0 Å². The fourth-order valence-corrected chi connectivity index (χ4v) is 4.95. The Hall–Kier alpha value is -1.10. The zero-order valence-corrected chi connectivity index (χ0v) is 15.9. The second-order valence-corrected chi connectivity index (χ2v) is 9.07. The Labute approximate surface area is 146 Å². The van der Waals surface area contributed by atoms with Gasteiger partial charge in [-0.05, 0) is 56.4 Å². The maximum Gasteiger partial charge on any atom is 0.245 e. The Morgan fingerprint density at radius 3 is 2.58 bits per heavy atom. The van der Waals surface area contributed by atoms with Crippen LogP contribution in [0.4, 0.5) is 0 Å². The number of nitrogens with two attached hydrogens (primary N) is 1. The van der Waals surface area contributed by atoms with Crippen LogP contribution < -0.4 is 11.1 Å². The average molecular weight is 338 g/mol. The van der Waals surface area contributed by atoms with Gasteiger partial charge in [0.1, 0.15) is 6.04 Å². The summed E-state index contributed by atoms with van der Waals surface area (Å²) in [5.74, 6) is 0.0540. The normalized spacial score (nSPS) is 29.4. The lowest BCUT2D eigenvalue weighted by Gasteiger charge is -2.39. The lowest BCUT2D eigenvalue weighted by atomic mass is 9.65. The molecule has 3 N–H and O–H groups in total. The van der Waals surface area contributed by atoms with E-state index in [1.165, 1.54) is 6.42 Å². The van der Waals surface area contributed by atoms with Crippen LogP contribution in [0.1, 0.15) is 72.6 Å². The molecule has 2 aliphatic rings. The Morgan fingerprint density at radius 2 is 1.92 bits per heavy atom. The molecule has 1 aliphatic carbocycles. The number of fused-ring (bicyclic) bond motifs is 2. The molecule has 0 spiro atoms. The van der Waals surface area contributed by atoms with E-state index in [1.54, 1.807) is 0 Å². The third-order valence-corrected chi connectivity index (χ3v) is 5.55. The molecule has 0 aromatic carbocycles. The summed E-state index contributed by atoms with van der Waals surface area (Å²) < 4.78 is 0. The molecule has 1 saturated carbocycles. The molecule has 0 aromatic rings. The van der Waals surface area contributed by atoms with Crippen LogP contribution in [-0.2, 0) is 9.59 Å². The van der Waals surface area contributed by atoms with Gasteiger partial charge >= 0.3 is 0 Å². The maximum atomic E-state index is 12.8. The van der Waals surface area contributed by atoms with Crippen LogP contribution in [0.25, 0.3) is 0 Å². The number of hydrogen-bond acceptors (Lipinski definition) is 3. The molecule has 2 amide bonds. The Bertz CT molecular complexity index is 477. The highest BCUT2D eigenvalue weighted by Gasteiger charge is 2.51. The molecule has 1 heterocycles. The number of carbonyl (C=O) groups excluding carboxylic acids is 2. The van der Waals surface area contributed by atoms with Gasteiger partial charge in [-0.2, -0.15) is 0 Å². The number of likely N-dealkylation sites (tertiary alicyclic amines) is 1. The minimum Gasteiger partial charge on any atom is -0.345 e. The molecule has 2 rings (SSSR count). The summed E-state index contributed by atoms with van der Waals surface area (Å²) in [6, 6.07) is -0.103. The SMILES string of the molecule is CC(NC(=O)CCCCCN)C(=O)N1CC2(C)CC1CC(C)(C)C2. The van der Waals surface area contributed by atoms with Crippen molar-refractivity contribution in [3.63, 3.8) is 0 Å². The summed E-state index contributed by atoms with van der Waals surface area (Å²) in [6.07, 6.45) is 6.56. The summed E-state index contributed by atoms with van der Waals surface area (Å²) in [5, 5.41) is 2.89. The monoisotopic (exact) mass is 337 g/mol. The highest BCUT2D eigenvalue weighted by atomic mass is 16.2. The fourth-order valence-electron chi connectivity index (χ4n) is 4.95. The molecular formula is C19H35N3O2. The number of carbonyl (C=O) groups is 2. The summed E-state index contributed by atoms with van der Waals surface area (Å²) in [6.45, 7) is 10.2. The van der Waals surface area contributed by atoms with E-state index in [0.717, 1.165) is 38.6 Å². The van der Waals surface area contributed by atoms with Crippen molar-refractivity contribution < 1.29 is 9.59 Å². The minimum atomic E-state index is -0.432. The molecule has 1 aliphatic heterocycles. The summed E-state index contributed by atoms with van der Waals surface area (Å²) in [4.78, 5) is 26.9. The standard InChI is InChI=1S/C19H35N3O2/c1-14(21-16(23)8-6-5-7-9-20)17(24)22-13-19(4)11-15(22)10-18(2,3)12-19/h14-15H,5-13,20H2,1-4H3,(H,21,23). The molecule has 2 bridgehead atoms. The average Bonchev–Trinajstić information content (AvgIpc) is 2.71. The van der Waals surface area contributed by atoms with E-state index < -0.39 is 6.04 Å². The van der Waals surface area contributed by atoms with Crippen LogP contribution in [0, 0.1) is 10.8 Å². The zero-order valence-electron chi connectivity index (χ0n) is 15.9. The number of nitrogens with zero attached hydrogens (tertiary/aromatic N) is 1. The van der Waals surface area contributed by atoms with Crippen molar-refractivity contribution in [3.8, 4) is 0 Å². The van der Waals surface area contributed by atoms with Gasteiger partial charge in [-0.1, -0.05) is 27.2 Å². The van der Waals surface area contributed by atoms with Crippen LogP contribution in [-0.4, -0.2) is 41.9 Å². The van der Waals surface area contributed by atoms with Gasteiger partial charge in [0.25, 0.3) is 0 Å². The van der Waals surface area contributed by atoms with E-state index in [-0.39, 0.29) is 17.2 Å². The van der Waals surface area contributed by atoms with Crippen molar-refractivity contribution in [2.75, 3.05) is 13.1 Å². The molecule has 1 saturated heterocycles. The Morgan fingerprint density at radius 1 is 1.21 bits per heavy atom. The number of amides is 2. The number of hydrogen-bond donors (Lipinski definition) is 2. The minimum absolute atomic E-state index is 0.0263. The van der Waals surface area contributed by atoms with Crippen LogP contribution in [0.2, 0.25) is 0 Å². The van der Waals surface area contributed by atoms with E-state index in [0.29, 0.717) is 24.4 Å². The van der Waals surface area contributed by atoms with E-state index in [2.05, 4.69) is 26.1 Å². The van der Waals surface area contributed by atoms with Gasteiger partial charge in [0.2, 0.25) is 11.8 Å². The number of rotatable bonds is 7. The second kappa shape index (κ2) is 7.42. The Kier molecular flexibility index (Phi) is 5.95. The molecule has 0 radical (unpaired) electrons. The van der Waals surface area contributed by atoms with Crippen molar-refractivity contribution in [2.45, 2.75) is 84.7 Å². The van der Waals surface area contributed by atoms with Crippen molar-refractivity contribution in [2.24, 2.45) is 16.6 Å². The molecular weight excluding hydrogens is 302 g/mol. The van der Waals surface area contributed by atoms with Crippen molar-refractivity contribution in [1.29, 1.82) is 0 Å². The van der Waals surface area contributed by atoms with Crippen molar-refractivity contribution in [1.82, 2.24) is 10.2 Å². The van der Waals surface area contributed by atoms with Crippen LogP contribution >= 0.6 is 0 Å². The first-order valence-corrected chi connectivity index (χ1v) is 9.46. The topological polar surface area (TPSA) is 75.4 Å². The van der Waals surface area contributed by atoms with Crippen molar-refractivity contribution >= 4 is 11.8 Å². The first kappa shape index (κ1) is 19.2. The van der Waals surface area contributed by atoms with Gasteiger partial charge < -0.3 is 16.0 Å². The molecule has 3 unspecified atom stereocenters. The van der Waals surface area contributed by atoms with Gasteiger partial charge in [-0.25, -0.2) is 0 Å². The largest absolute Gasteiger partial charge is 0.345 e. The molecule has 3 atom stereocenters. The molecule has 138 valence electrons. The molecule has 5 nitrogen and oxygen atoms in total. The maximum absolute atomic E-state index is 12.8. The predicted molar refractivity (Wildman–Crippen MR) is 96.4 cm³/mol. The summed E-state index contributed by atoms with van der Waals surface area (Å²) >= 11 is 0. The molecule has 5 heteroatoms. The highest BCUT2D eigenvalue weighted by Crippen LogP contribution is 2.52. The van der Waals surface area contributed by atoms with Gasteiger partial charge in [-0.3, -0.25) is 9.59 Å². The van der Waals surface area contributed by atoms with E-state index in [1.807, 2.05) is 11.8 Å². The lowest BCUT2D eigenvalue weighted by molar-refractivity contribution is -0.137. The van der Waals surface area contributed by atoms with Crippen molar-refractivity contribution in [3.05, 3.63) is 0 Å². The van der Waals surface area contributed by atoms with Crippen LogP contribution in [0.3, 0.4) is 0 Å². The van der Waals surface area contributed by atoms with E-state index in [4.69, 9.17) is 5.73 Å². The first-order valence-electron chi connectivity index (χ1n) is 9.46. The number of unbranched alkanes of at least 4 members (excludes halogenated alkanes) is 2. The second-order valence-electron chi connectivity index (χ2n) is 9.07. The molecule has 2 fully saturated rings. The highest BCUT2D eigenvalue weighted by molar-refractivity contribution is 5.87.